The van der Waals surface area contributed by atoms with Gasteiger partial charge in [0.05, 0.1) is 6.67 Å². The predicted molar refractivity (Wildman–Crippen MR) is 123 cm³/mol. The number of carbonyl (C=O) groups is 3. The van der Waals surface area contributed by atoms with Gasteiger partial charge in [-0.3, -0.25) is 14.4 Å². The molecule has 0 bridgehead atoms. The zero-order valence-electron chi connectivity index (χ0n) is 17.9. The molecule has 7 nitrogen and oxygen atoms in total. The molecule has 2 aliphatic rings. The Morgan fingerprint density at radius 3 is 2.28 bits per heavy atom. The Bertz CT molecular complexity index is 988. The minimum absolute atomic E-state index is 0.0838. The average Bonchev–Trinajstić information content (AvgIpc) is 3.05. The molecule has 2 saturated heterocycles. The van der Waals surface area contributed by atoms with Crippen LogP contribution < -0.4 is 10.6 Å². The topological polar surface area (TPSA) is 87.0 Å². The summed E-state index contributed by atoms with van der Waals surface area (Å²) >= 11 is 5.93. The molecule has 0 aliphatic carbocycles. The number of nitrogens with zero attached hydrogens (tertiary/aromatic N) is 3. The fraction of sp³-hybridized carbons (Fsp3) is 0.375. The molecular formula is C24H27ClN4O3. The second-order valence-corrected chi connectivity index (χ2v) is 8.85. The van der Waals surface area contributed by atoms with E-state index in [4.69, 9.17) is 17.3 Å². The van der Waals surface area contributed by atoms with Gasteiger partial charge in [-0.25, -0.2) is 0 Å². The van der Waals surface area contributed by atoms with Crippen LogP contribution in [0.4, 0.5) is 5.69 Å². The van der Waals surface area contributed by atoms with E-state index in [1.807, 2.05) is 59.5 Å². The van der Waals surface area contributed by atoms with E-state index in [9.17, 15) is 14.4 Å². The summed E-state index contributed by atoms with van der Waals surface area (Å²) in [5, 5.41) is 0.677. The third-order valence-corrected chi connectivity index (χ3v) is 6.66. The van der Waals surface area contributed by atoms with Crippen molar-refractivity contribution in [1.29, 1.82) is 0 Å². The number of hydrogen-bond donors (Lipinski definition) is 1. The Morgan fingerprint density at radius 1 is 1.00 bits per heavy atom. The molecule has 0 aromatic heterocycles. The summed E-state index contributed by atoms with van der Waals surface area (Å²) < 4.78 is 0. The van der Waals surface area contributed by atoms with Crippen molar-refractivity contribution in [2.24, 2.45) is 5.73 Å². The molecule has 2 N–H and O–H groups in total. The minimum Gasteiger partial charge on any atom is -0.368 e. The lowest BCUT2D eigenvalue weighted by atomic mass is 9.85. The van der Waals surface area contributed by atoms with Crippen molar-refractivity contribution in [2.45, 2.75) is 31.2 Å². The standard InChI is InChI=1S/C24H27ClN4O3/c25-19-9-6-18(7-10-19)8-11-22(31)27-14-12-24(13-15-27)23(32)28(16-21(26)30)17-29(24)20-4-2-1-3-5-20/h1-7,9-10H,8,11-17H2,(H2,26,30). The highest BCUT2D eigenvalue weighted by molar-refractivity contribution is 6.30. The van der Waals surface area contributed by atoms with Crippen LogP contribution in [0.2, 0.25) is 5.02 Å². The number of rotatable bonds is 6. The van der Waals surface area contributed by atoms with Gasteiger partial charge in [-0.1, -0.05) is 41.9 Å². The highest BCUT2D eigenvalue weighted by atomic mass is 35.5. The third-order valence-electron chi connectivity index (χ3n) is 6.41. The first kappa shape index (κ1) is 22.1. The molecule has 168 valence electrons. The first-order chi connectivity index (χ1) is 15.4. The number of benzene rings is 2. The first-order valence-electron chi connectivity index (χ1n) is 10.8. The van der Waals surface area contributed by atoms with Crippen LogP contribution >= 0.6 is 11.6 Å². The Kier molecular flexibility index (Phi) is 6.37. The monoisotopic (exact) mass is 454 g/mol. The number of primary amides is 1. The molecule has 0 radical (unpaired) electrons. The van der Waals surface area contributed by atoms with Gasteiger partial charge in [0, 0.05) is 30.2 Å². The third kappa shape index (κ3) is 4.43. The highest BCUT2D eigenvalue weighted by Gasteiger charge is 2.54. The van der Waals surface area contributed by atoms with Crippen molar-refractivity contribution >= 4 is 35.0 Å². The van der Waals surface area contributed by atoms with Crippen LogP contribution in [0.3, 0.4) is 0 Å². The second kappa shape index (κ2) is 9.20. The van der Waals surface area contributed by atoms with Gasteiger partial charge in [0.25, 0.3) is 5.91 Å². The lowest BCUT2D eigenvalue weighted by molar-refractivity contribution is -0.139. The summed E-state index contributed by atoms with van der Waals surface area (Å²) in [7, 11) is 0. The van der Waals surface area contributed by atoms with E-state index in [2.05, 4.69) is 4.90 Å². The normalized spacial score (nSPS) is 17.8. The summed E-state index contributed by atoms with van der Waals surface area (Å²) in [5.41, 5.74) is 6.61. The maximum absolute atomic E-state index is 13.4. The van der Waals surface area contributed by atoms with Crippen LogP contribution in [-0.4, -0.2) is 59.4 Å². The summed E-state index contributed by atoms with van der Waals surface area (Å²) in [6.45, 7) is 1.21. The van der Waals surface area contributed by atoms with Crippen LogP contribution in [0.25, 0.3) is 0 Å². The Morgan fingerprint density at radius 2 is 1.66 bits per heavy atom. The fourth-order valence-corrected chi connectivity index (χ4v) is 4.82. The van der Waals surface area contributed by atoms with E-state index in [1.165, 1.54) is 4.90 Å². The number of amides is 3. The van der Waals surface area contributed by atoms with Crippen LogP contribution in [0.5, 0.6) is 0 Å². The molecule has 8 heteroatoms. The van der Waals surface area contributed by atoms with Gasteiger partial charge in [-0.15, -0.1) is 0 Å². The number of aryl methyl sites for hydroxylation is 1. The number of nitrogens with two attached hydrogens (primary N) is 1. The fourth-order valence-electron chi connectivity index (χ4n) is 4.70. The molecule has 0 atom stereocenters. The zero-order chi connectivity index (χ0) is 22.7. The van der Waals surface area contributed by atoms with Crippen molar-refractivity contribution in [3.63, 3.8) is 0 Å². The number of hydrogen-bond acceptors (Lipinski definition) is 4. The van der Waals surface area contributed by atoms with Crippen molar-refractivity contribution < 1.29 is 14.4 Å². The lowest BCUT2D eigenvalue weighted by Crippen LogP contribution is -2.57. The number of para-hydroxylation sites is 1. The molecule has 3 amide bonds. The van der Waals surface area contributed by atoms with Gasteiger partial charge < -0.3 is 20.4 Å². The maximum Gasteiger partial charge on any atom is 0.250 e. The summed E-state index contributed by atoms with van der Waals surface area (Å²) in [6, 6.07) is 17.2. The van der Waals surface area contributed by atoms with Crippen molar-refractivity contribution in [2.75, 3.05) is 31.2 Å². The van der Waals surface area contributed by atoms with Crippen molar-refractivity contribution in [1.82, 2.24) is 9.80 Å². The number of carbonyl (C=O) groups excluding carboxylic acids is 3. The minimum atomic E-state index is -0.760. The van der Waals surface area contributed by atoms with Gasteiger partial charge in [0.15, 0.2) is 0 Å². The van der Waals surface area contributed by atoms with Crippen molar-refractivity contribution in [3.8, 4) is 0 Å². The molecule has 2 aromatic rings. The van der Waals surface area contributed by atoms with Crippen LogP contribution in [0, 0.1) is 0 Å². The number of likely N-dealkylation sites (tertiary alicyclic amines) is 1. The molecule has 4 rings (SSSR count). The van der Waals surface area contributed by atoms with E-state index in [0.29, 0.717) is 50.5 Å². The molecular weight excluding hydrogens is 428 g/mol. The van der Waals surface area contributed by atoms with E-state index in [0.717, 1.165) is 11.3 Å². The second-order valence-electron chi connectivity index (χ2n) is 8.41. The van der Waals surface area contributed by atoms with E-state index >= 15 is 0 Å². The average molecular weight is 455 g/mol. The van der Waals surface area contributed by atoms with E-state index < -0.39 is 11.4 Å². The molecule has 1 spiro atoms. The van der Waals surface area contributed by atoms with Crippen LogP contribution in [0.15, 0.2) is 54.6 Å². The van der Waals surface area contributed by atoms with Gasteiger partial charge in [-0.05, 0) is 49.1 Å². The quantitative estimate of drug-likeness (QED) is 0.726. The summed E-state index contributed by atoms with van der Waals surface area (Å²) in [5.74, 6) is -0.535. The number of halogens is 1. The molecule has 2 heterocycles. The molecule has 0 unspecified atom stereocenters. The van der Waals surface area contributed by atoms with Gasteiger partial charge in [-0.2, -0.15) is 0 Å². The van der Waals surface area contributed by atoms with Crippen molar-refractivity contribution in [3.05, 3.63) is 65.2 Å². The van der Waals surface area contributed by atoms with Gasteiger partial charge in [0.1, 0.15) is 12.1 Å². The summed E-state index contributed by atoms with van der Waals surface area (Å²) in [6.07, 6.45) is 2.10. The number of anilines is 1. The van der Waals surface area contributed by atoms with E-state index in [1.54, 1.807) is 0 Å². The first-order valence-corrected chi connectivity index (χ1v) is 11.2. The molecule has 0 saturated carbocycles. The van der Waals surface area contributed by atoms with E-state index in [-0.39, 0.29) is 18.4 Å². The zero-order valence-corrected chi connectivity index (χ0v) is 18.6. The molecule has 2 aromatic carbocycles. The number of piperidine rings is 1. The Labute approximate surface area is 192 Å². The van der Waals surface area contributed by atoms with Crippen LogP contribution in [-0.2, 0) is 20.8 Å². The van der Waals surface area contributed by atoms with Gasteiger partial charge in [0.2, 0.25) is 11.8 Å². The SMILES string of the molecule is NC(=O)CN1CN(c2ccccc2)C2(CCN(C(=O)CCc3ccc(Cl)cc3)CC2)C1=O. The van der Waals surface area contributed by atoms with Crippen LogP contribution in [0.1, 0.15) is 24.8 Å². The Balaban J connectivity index is 1.45. The predicted octanol–water partition coefficient (Wildman–Crippen LogP) is 2.43. The molecule has 32 heavy (non-hydrogen) atoms. The molecule has 2 fully saturated rings. The highest BCUT2D eigenvalue weighted by Crippen LogP contribution is 2.39. The summed E-state index contributed by atoms with van der Waals surface area (Å²) in [4.78, 5) is 43.1. The lowest BCUT2D eigenvalue weighted by Gasteiger charge is -2.43. The molecule has 2 aliphatic heterocycles. The van der Waals surface area contributed by atoms with Gasteiger partial charge >= 0.3 is 0 Å². The largest absolute Gasteiger partial charge is 0.368 e. The smallest absolute Gasteiger partial charge is 0.250 e. The maximum atomic E-state index is 13.4. The Hall–Kier alpha value is -3.06.